The third-order valence-electron chi connectivity index (χ3n) is 3.79. The summed E-state index contributed by atoms with van der Waals surface area (Å²) in [5.74, 6) is -0.252. The van der Waals surface area contributed by atoms with Crippen molar-refractivity contribution >= 4 is 22.5 Å². The van der Waals surface area contributed by atoms with Crippen molar-refractivity contribution in [2.75, 3.05) is 13.7 Å². The van der Waals surface area contributed by atoms with Crippen LogP contribution in [0, 0.1) is 0 Å². The van der Waals surface area contributed by atoms with Gasteiger partial charge in [-0.2, -0.15) is 0 Å². The molecule has 0 radical (unpaired) electrons. The van der Waals surface area contributed by atoms with Gasteiger partial charge in [-0.05, 0) is 47.2 Å². The molecule has 0 aliphatic heterocycles. The van der Waals surface area contributed by atoms with Crippen molar-refractivity contribution in [3.63, 3.8) is 0 Å². The molecule has 5 nitrogen and oxygen atoms in total. The molecule has 0 spiro atoms. The first-order valence-corrected chi connectivity index (χ1v) is 7.64. The topological polar surface area (TPSA) is 72.8 Å². The van der Waals surface area contributed by atoms with Gasteiger partial charge < -0.3 is 14.6 Å². The highest BCUT2D eigenvalue weighted by Gasteiger charge is 2.13. The minimum atomic E-state index is -0.658. The number of phenols is 1. The minimum Gasteiger partial charge on any atom is -0.508 e. The summed E-state index contributed by atoms with van der Waals surface area (Å²) >= 11 is 0. The van der Waals surface area contributed by atoms with Gasteiger partial charge in [0.1, 0.15) is 11.5 Å². The molecule has 0 saturated carbocycles. The first kappa shape index (κ1) is 16.5. The molecule has 0 unspecified atom stereocenters. The molecule has 0 amide bonds. The molecule has 0 atom stereocenters. The van der Waals surface area contributed by atoms with E-state index in [0.717, 1.165) is 16.5 Å². The number of carbonyl (C=O) groups is 2. The van der Waals surface area contributed by atoms with E-state index in [2.05, 4.69) is 0 Å². The van der Waals surface area contributed by atoms with Gasteiger partial charge in [-0.15, -0.1) is 0 Å². The fraction of sp³-hybridized carbons (Fsp3) is 0.100. The predicted molar refractivity (Wildman–Crippen MR) is 93.2 cm³/mol. The Hall–Kier alpha value is -3.34. The number of methoxy groups -OCH3 is 1. The van der Waals surface area contributed by atoms with Gasteiger partial charge in [0.15, 0.2) is 12.4 Å². The molecule has 0 saturated heterocycles. The lowest BCUT2D eigenvalue weighted by molar-refractivity contribution is 0.0474. The summed E-state index contributed by atoms with van der Waals surface area (Å²) in [6, 6.07) is 16.6. The molecule has 5 heteroatoms. The molecule has 126 valence electrons. The highest BCUT2D eigenvalue weighted by molar-refractivity contribution is 6.02. The van der Waals surface area contributed by atoms with Crippen molar-refractivity contribution in [1.29, 1.82) is 0 Å². The Bertz CT molecular complexity index is 946. The molecule has 3 rings (SSSR count). The van der Waals surface area contributed by atoms with Gasteiger partial charge in [0.2, 0.25) is 0 Å². The van der Waals surface area contributed by atoms with Gasteiger partial charge in [0.25, 0.3) is 0 Å². The first-order valence-electron chi connectivity index (χ1n) is 7.64. The first-order chi connectivity index (χ1) is 12.1. The van der Waals surface area contributed by atoms with E-state index in [1.54, 1.807) is 19.2 Å². The van der Waals surface area contributed by atoms with Gasteiger partial charge in [-0.3, -0.25) is 4.79 Å². The van der Waals surface area contributed by atoms with E-state index in [0.29, 0.717) is 5.56 Å². The lowest BCUT2D eigenvalue weighted by Gasteiger charge is -2.07. The SMILES string of the molecule is COc1ccc2cc(C(=O)COC(=O)c3cccc(O)c3)ccc2c1. The van der Waals surface area contributed by atoms with Crippen LogP contribution in [0.15, 0.2) is 60.7 Å². The minimum absolute atomic E-state index is 0.0364. The molecule has 1 N–H and O–H groups in total. The molecule has 0 aliphatic rings. The fourth-order valence-electron chi connectivity index (χ4n) is 2.45. The van der Waals surface area contributed by atoms with E-state index in [1.165, 1.54) is 24.3 Å². The zero-order chi connectivity index (χ0) is 17.8. The number of rotatable bonds is 5. The quantitative estimate of drug-likeness (QED) is 0.569. The smallest absolute Gasteiger partial charge is 0.338 e. The van der Waals surface area contributed by atoms with Crippen LogP contribution in [0.1, 0.15) is 20.7 Å². The average Bonchev–Trinajstić information content (AvgIpc) is 2.64. The number of hydrogen-bond donors (Lipinski definition) is 1. The Labute approximate surface area is 144 Å². The fourth-order valence-corrected chi connectivity index (χ4v) is 2.45. The zero-order valence-corrected chi connectivity index (χ0v) is 13.6. The summed E-state index contributed by atoms with van der Waals surface area (Å²) in [5.41, 5.74) is 0.653. The third-order valence-corrected chi connectivity index (χ3v) is 3.79. The second-order valence-corrected chi connectivity index (χ2v) is 5.48. The van der Waals surface area contributed by atoms with Crippen LogP contribution in [0.4, 0.5) is 0 Å². The maximum Gasteiger partial charge on any atom is 0.338 e. The van der Waals surface area contributed by atoms with Crippen molar-refractivity contribution in [3.05, 3.63) is 71.8 Å². The number of ether oxygens (including phenoxy) is 2. The lowest BCUT2D eigenvalue weighted by Crippen LogP contribution is -2.14. The average molecular weight is 336 g/mol. The Morgan fingerprint density at radius 3 is 2.44 bits per heavy atom. The van der Waals surface area contributed by atoms with Crippen LogP contribution in [-0.2, 0) is 4.74 Å². The van der Waals surface area contributed by atoms with E-state index in [4.69, 9.17) is 9.47 Å². The molecular formula is C20H16O5. The standard InChI is InChI=1S/C20H16O5/c1-24-18-8-7-13-9-15(6-5-14(13)11-18)19(22)12-25-20(23)16-3-2-4-17(21)10-16/h2-11,21H,12H2,1H3. The normalized spacial score (nSPS) is 10.4. The van der Waals surface area contributed by atoms with E-state index >= 15 is 0 Å². The van der Waals surface area contributed by atoms with Crippen LogP contribution in [0.2, 0.25) is 0 Å². The predicted octanol–water partition coefficient (Wildman–Crippen LogP) is 3.59. The summed E-state index contributed by atoms with van der Waals surface area (Å²) in [6.07, 6.45) is 0. The molecule has 0 heterocycles. The van der Waals surface area contributed by atoms with Crippen LogP contribution in [0.3, 0.4) is 0 Å². The van der Waals surface area contributed by atoms with Crippen molar-refractivity contribution < 1.29 is 24.2 Å². The number of ketones is 1. The van der Waals surface area contributed by atoms with Crippen LogP contribution in [0.5, 0.6) is 11.5 Å². The largest absolute Gasteiger partial charge is 0.508 e. The molecule has 25 heavy (non-hydrogen) atoms. The number of esters is 1. The lowest BCUT2D eigenvalue weighted by atomic mass is 10.0. The molecule has 0 aliphatic carbocycles. The Morgan fingerprint density at radius 1 is 0.920 bits per heavy atom. The highest BCUT2D eigenvalue weighted by Crippen LogP contribution is 2.22. The second-order valence-electron chi connectivity index (χ2n) is 5.48. The maximum atomic E-state index is 12.3. The van der Waals surface area contributed by atoms with Gasteiger partial charge in [0, 0.05) is 5.56 Å². The number of Topliss-reactive ketones (excluding diaryl/α,β-unsaturated/α-hetero) is 1. The van der Waals surface area contributed by atoms with Gasteiger partial charge in [-0.25, -0.2) is 4.79 Å². The molecule has 3 aromatic carbocycles. The van der Waals surface area contributed by atoms with E-state index in [-0.39, 0.29) is 23.7 Å². The molecule has 0 fully saturated rings. The van der Waals surface area contributed by atoms with Crippen LogP contribution >= 0.6 is 0 Å². The number of carbonyl (C=O) groups excluding carboxylic acids is 2. The number of hydrogen-bond acceptors (Lipinski definition) is 5. The Kier molecular flexibility index (Phi) is 4.66. The third kappa shape index (κ3) is 3.77. The van der Waals surface area contributed by atoms with Crippen LogP contribution < -0.4 is 4.74 Å². The van der Waals surface area contributed by atoms with Gasteiger partial charge >= 0.3 is 5.97 Å². The zero-order valence-electron chi connectivity index (χ0n) is 13.6. The summed E-state index contributed by atoms with van der Waals surface area (Å²) < 4.78 is 10.2. The second kappa shape index (κ2) is 7.05. The highest BCUT2D eigenvalue weighted by atomic mass is 16.5. The van der Waals surface area contributed by atoms with Crippen LogP contribution in [-0.4, -0.2) is 30.6 Å². The number of aromatic hydroxyl groups is 1. The summed E-state index contributed by atoms with van der Waals surface area (Å²) in [4.78, 5) is 24.2. The molecule has 0 bridgehead atoms. The van der Waals surface area contributed by atoms with E-state index < -0.39 is 5.97 Å². The maximum absolute atomic E-state index is 12.3. The van der Waals surface area contributed by atoms with E-state index in [9.17, 15) is 14.7 Å². The van der Waals surface area contributed by atoms with E-state index in [1.807, 2.05) is 24.3 Å². The van der Waals surface area contributed by atoms with Crippen molar-refractivity contribution in [2.24, 2.45) is 0 Å². The molecular weight excluding hydrogens is 320 g/mol. The van der Waals surface area contributed by atoms with Crippen molar-refractivity contribution in [3.8, 4) is 11.5 Å². The molecule has 0 aromatic heterocycles. The Morgan fingerprint density at radius 2 is 1.68 bits per heavy atom. The Balaban J connectivity index is 1.70. The summed E-state index contributed by atoms with van der Waals surface area (Å²) in [5, 5.41) is 11.2. The summed E-state index contributed by atoms with van der Waals surface area (Å²) in [6.45, 7) is -0.365. The number of benzene rings is 3. The number of phenolic OH excluding ortho intramolecular Hbond substituents is 1. The monoisotopic (exact) mass is 336 g/mol. The van der Waals surface area contributed by atoms with Gasteiger partial charge in [0.05, 0.1) is 12.7 Å². The van der Waals surface area contributed by atoms with Crippen molar-refractivity contribution in [2.45, 2.75) is 0 Å². The number of fused-ring (bicyclic) bond motifs is 1. The summed E-state index contributed by atoms with van der Waals surface area (Å²) in [7, 11) is 1.60. The van der Waals surface area contributed by atoms with Crippen molar-refractivity contribution in [1.82, 2.24) is 0 Å². The van der Waals surface area contributed by atoms with Crippen LogP contribution in [0.25, 0.3) is 10.8 Å². The van der Waals surface area contributed by atoms with Gasteiger partial charge in [-0.1, -0.05) is 24.3 Å². The molecule has 3 aromatic rings.